The summed E-state index contributed by atoms with van der Waals surface area (Å²) in [6, 6.07) is 0. The third-order valence-corrected chi connectivity index (χ3v) is 1.87. The van der Waals surface area contributed by atoms with E-state index < -0.39 is 0 Å². The van der Waals surface area contributed by atoms with E-state index in [0.29, 0.717) is 5.92 Å². The lowest BCUT2D eigenvalue weighted by Crippen LogP contribution is -1.84. The van der Waals surface area contributed by atoms with Crippen LogP contribution in [0.25, 0.3) is 0 Å². The molecule has 1 aliphatic rings. The molecule has 0 aromatic carbocycles. The van der Waals surface area contributed by atoms with E-state index in [4.69, 9.17) is 0 Å². The van der Waals surface area contributed by atoms with Crippen molar-refractivity contribution in [1.82, 2.24) is 10.3 Å². The molecular weight excluding hydrogens is 116 g/mol. The Balaban J connectivity index is 2.49. The topological polar surface area (TPSA) is 38.9 Å². The van der Waals surface area contributed by atoms with Gasteiger partial charge in [-0.15, -0.1) is 0 Å². The minimum atomic E-state index is 0.561. The van der Waals surface area contributed by atoms with Crippen LogP contribution in [0, 0.1) is 0 Å². The predicted molar refractivity (Wildman–Crippen MR) is 31.0 cm³/mol. The van der Waals surface area contributed by atoms with E-state index in [1.165, 1.54) is 6.42 Å². The van der Waals surface area contributed by atoms with E-state index in [0.717, 1.165) is 17.8 Å². The zero-order valence-corrected chi connectivity index (χ0v) is 5.29. The molecule has 0 radical (unpaired) electrons. The number of aryl methyl sites for hydroxylation is 1. The van der Waals surface area contributed by atoms with Gasteiger partial charge in [0.25, 0.3) is 0 Å². The van der Waals surface area contributed by atoms with Gasteiger partial charge in [0.15, 0.2) is 0 Å². The van der Waals surface area contributed by atoms with Crippen molar-refractivity contribution >= 4 is 0 Å². The first kappa shape index (κ1) is 4.97. The third kappa shape index (κ3) is 0.573. The number of fused-ring (bicyclic) bond motifs is 1. The molecule has 0 aliphatic heterocycles. The smallest absolute Gasteiger partial charge is 0.111 e. The molecule has 1 heterocycles. The molecule has 3 nitrogen and oxygen atoms in total. The van der Waals surface area contributed by atoms with Gasteiger partial charge in [0.2, 0.25) is 0 Å². The summed E-state index contributed by atoms with van der Waals surface area (Å²) in [5.41, 5.74) is 2.12. The summed E-state index contributed by atoms with van der Waals surface area (Å²) in [7, 11) is 0. The van der Waals surface area contributed by atoms with Crippen LogP contribution in [0.4, 0.5) is 0 Å². The van der Waals surface area contributed by atoms with Crippen LogP contribution in [0.15, 0.2) is 4.63 Å². The van der Waals surface area contributed by atoms with Gasteiger partial charge in [-0.2, -0.15) is 0 Å². The fraction of sp³-hybridized carbons (Fsp3) is 0.667. The zero-order valence-electron chi connectivity index (χ0n) is 5.29. The van der Waals surface area contributed by atoms with Gasteiger partial charge < -0.3 is 0 Å². The minimum absolute atomic E-state index is 0.561. The van der Waals surface area contributed by atoms with Crippen LogP contribution in [0.5, 0.6) is 0 Å². The van der Waals surface area contributed by atoms with E-state index in [1.807, 2.05) is 0 Å². The first-order valence-electron chi connectivity index (χ1n) is 3.19. The lowest BCUT2D eigenvalue weighted by Gasteiger charge is -1.92. The van der Waals surface area contributed by atoms with Crippen LogP contribution < -0.4 is 0 Å². The molecule has 1 aliphatic carbocycles. The first-order chi connectivity index (χ1) is 4.38. The van der Waals surface area contributed by atoms with E-state index in [-0.39, 0.29) is 0 Å². The third-order valence-electron chi connectivity index (χ3n) is 1.87. The van der Waals surface area contributed by atoms with Crippen LogP contribution >= 0.6 is 0 Å². The Hall–Kier alpha value is -0.860. The number of rotatable bonds is 0. The fourth-order valence-corrected chi connectivity index (χ4v) is 1.25. The van der Waals surface area contributed by atoms with Crippen LogP contribution in [0.1, 0.15) is 30.7 Å². The van der Waals surface area contributed by atoms with Gasteiger partial charge in [0, 0.05) is 5.92 Å². The van der Waals surface area contributed by atoms with Crippen molar-refractivity contribution in [2.75, 3.05) is 0 Å². The van der Waals surface area contributed by atoms with Gasteiger partial charge in [-0.05, 0) is 12.8 Å². The van der Waals surface area contributed by atoms with Crippen molar-refractivity contribution in [2.24, 2.45) is 0 Å². The summed E-state index contributed by atoms with van der Waals surface area (Å²) >= 11 is 0. The summed E-state index contributed by atoms with van der Waals surface area (Å²) in [4.78, 5) is 0. The average Bonchev–Trinajstić information content (AvgIpc) is 2.35. The van der Waals surface area contributed by atoms with Crippen molar-refractivity contribution in [3.63, 3.8) is 0 Å². The standard InChI is InChI=1S/C6H8N2O/c1-4-2-3-5-6(4)8-9-7-5/h4H,2-3H2,1H3. The lowest BCUT2D eigenvalue weighted by atomic mass is 10.1. The molecule has 1 aromatic heterocycles. The summed E-state index contributed by atoms with van der Waals surface area (Å²) in [6.07, 6.45) is 2.22. The van der Waals surface area contributed by atoms with Gasteiger partial charge in [-0.3, -0.25) is 0 Å². The van der Waals surface area contributed by atoms with Crippen LogP contribution in [0.2, 0.25) is 0 Å². The van der Waals surface area contributed by atoms with Crippen molar-refractivity contribution in [3.8, 4) is 0 Å². The van der Waals surface area contributed by atoms with E-state index >= 15 is 0 Å². The number of hydrogen-bond donors (Lipinski definition) is 0. The predicted octanol–water partition coefficient (Wildman–Crippen LogP) is 1.12. The second kappa shape index (κ2) is 1.56. The van der Waals surface area contributed by atoms with Gasteiger partial charge in [0.05, 0.1) is 0 Å². The Labute approximate surface area is 53.0 Å². The Morgan fingerprint density at radius 1 is 1.56 bits per heavy atom. The molecule has 0 saturated carbocycles. The monoisotopic (exact) mass is 124 g/mol. The highest BCUT2D eigenvalue weighted by Gasteiger charge is 2.23. The maximum atomic E-state index is 4.56. The Bertz CT molecular complexity index is 219. The minimum Gasteiger partial charge on any atom is -0.244 e. The van der Waals surface area contributed by atoms with Gasteiger partial charge in [-0.1, -0.05) is 17.2 Å². The Morgan fingerprint density at radius 3 is 3.22 bits per heavy atom. The molecule has 1 atom stereocenters. The highest BCUT2D eigenvalue weighted by atomic mass is 16.6. The molecule has 0 spiro atoms. The second-order valence-electron chi connectivity index (χ2n) is 2.54. The molecular formula is C6H8N2O. The molecule has 3 heteroatoms. The molecule has 9 heavy (non-hydrogen) atoms. The summed E-state index contributed by atoms with van der Waals surface area (Å²) in [5, 5.41) is 7.55. The van der Waals surface area contributed by atoms with Crippen molar-refractivity contribution in [2.45, 2.75) is 25.7 Å². The maximum absolute atomic E-state index is 4.56. The molecule has 0 fully saturated rings. The van der Waals surface area contributed by atoms with E-state index in [1.54, 1.807) is 0 Å². The molecule has 0 amide bonds. The summed E-state index contributed by atoms with van der Waals surface area (Å²) < 4.78 is 4.56. The highest BCUT2D eigenvalue weighted by Crippen LogP contribution is 2.28. The van der Waals surface area contributed by atoms with E-state index in [9.17, 15) is 0 Å². The largest absolute Gasteiger partial charge is 0.244 e. The SMILES string of the molecule is CC1CCc2nonc21. The van der Waals surface area contributed by atoms with E-state index in [2.05, 4.69) is 21.9 Å². The molecule has 1 aromatic rings. The van der Waals surface area contributed by atoms with Crippen LogP contribution in [-0.4, -0.2) is 10.3 Å². The highest BCUT2D eigenvalue weighted by molar-refractivity contribution is 5.18. The molecule has 1 unspecified atom stereocenters. The molecule has 0 saturated heterocycles. The zero-order chi connectivity index (χ0) is 6.27. The number of nitrogens with zero attached hydrogens (tertiary/aromatic N) is 2. The lowest BCUT2D eigenvalue weighted by molar-refractivity contribution is 0.294. The normalized spacial score (nSPS) is 24.3. The first-order valence-corrected chi connectivity index (χ1v) is 3.19. The van der Waals surface area contributed by atoms with Gasteiger partial charge >= 0.3 is 0 Å². The molecule has 48 valence electrons. The van der Waals surface area contributed by atoms with Crippen LogP contribution in [0.3, 0.4) is 0 Å². The summed E-state index contributed by atoms with van der Waals surface area (Å²) in [5.74, 6) is 0.561. The Kier molecular flexibility index (Phi) is 0.860. The number of hydrogen-bond acceptors (Lipinski definition) is 3. The Morgan fingerprint density at radius 2 is 2.44 bits per heavy atom. The fourth-order valence-electron chi connectivity index (χ4n) is 1.25. The van der Waals surface area contributed by atoms with Crippen molar-refractivity contribution in [3.05, 3.63) is 11.4 Å². The quantitative estimate of drug-likeness (QED) is 0.520. The molecule has 2 rings (SSSR count). The summed E-state index contributed by atoms with van der Waals surface area (Å²) in [6.45, 7) is 2.15. The number of aromatic nitrogens is 2. The second-order valence-corrected chi connectivity index (χ2v) is 2.54. The average molecular weight is 124 g/mol. The maximum Gasteiger partial charge on any atom is 0.111 e. The van der Waals surface area contributed by atoms with Crippen LogP contribution in [-0.2, 0) is 6.42 Å². The molecule has 0 bridgehead atoms. The molecule has 0 N–H and O–H groups in total. The van der Waals surface area contributed by atoms with Gasteiger partial charge in [-0.25, -0.2) is 4.63 Å². The van der Waals surface area contributed by atoms with Gasteiger partial charge in [0.1, 0.15) is 11.4 Å². The van der Waals surface area contributed by atoms with Crippen molar-refractivity contribution < 1.29 is 4.63 Å². The van der Waals surface area contributed by atoms with Crippen molar-refractivity contribution in [1.29, 1.82) is 0 Å².